The molecule has 0 radical (unpaired) electrons. The minimum absolute atomic E-state index is 0. The Balaban J connectivity index is 0.000000239. The van der Waals surface area contributed by atoms with Crippen LogP contribution < -0.4 is 0 Å². The molecular formula is C36H46SiZr-4. The van der Waals surface area contributed by atoms with Crippen molar-refractivity contribution in [3.63, 3.8) is 0 Å². The molecule has 0 heterocycles. The second-order valence-electron chi connectivity index (χ2n) is 10.6. The third-order valence-corrected chi connectivity index (χ3v) is 8.00. The summed E-state index contributed by atoms with van der Waals surface area (Å²) >= 11 is 1.58. The Hall–Kier alpha value is -1.50. The number of hydrogen-bond acceptors (Lipinski definition) is 0. The van der Waals surface area contributed by atoms with Crippen molar-refractivity contribution in [2.24, 2.45) is 0 Å². The van der Waals surface area contributed by atoms with Crippen molar-refractivity contribution >= 4 is 6.88 Å². The maximum atomic E-state index is 3.59. The molecule has 2 aromatic rings. The van der Waals surface area contributed by atoms with Crippen molar-refractivity contribution < 1.29 is 23.3 Å². The van der Waals surface area contributed by atoms with E-state index in [0.717, 1.165) is 12.8 Å². The third-order valence-electron chi connectivity index (χ3n) is 8.00. The normalized spacial score (nSPS) is 21.8. The van der Waals surface area contributed by atoms with Gasteiger partial charge in [0.05, 0.1) is 0 Å². The summed E-state index contributed by atoms with van der Waals surface area (Å²) in [7, 11) is 0. The molecule has 2 atom stereocenters. The topological polar surface area (TPSA) is 0 Å². The molecule has 0 saturated carbocycles. The van der Waals surface area contributed by atoms with Crippen LogP contribution in [0.3, 0.4) is 0 Å². The molecule has 0 saturated heterocycles. The summed E-state index contributed by atoms with van der Waals surface area (Å²) in [5.41, 5.74) is 12.2. The van der Waals surface area contributed by atoms with Crippen LogP contribution in [0.2, 0.25) is 0 Å². The van der Waals surface area contributed by atoms with Crippen molar-refractivity contribution in [3.05, 3.63) is 132 Å². The van der Waals surface area contributed by atoms with Gasteiger partial charge in [-0.25, -0.2) is 34.4 Å². The Labute approximate surface area is 251 Å². The van der Waals surface area contributed by atoms with Crippen molar-refractivity contribution in [1.82, 2.24) is 0 Å². The van der Waals surface area contributed by atoms with E-state index in [2.05, 4.69) is 86.7 Å². The minimum atomic E-state index is 0. The summed E-state index contributed by atoms with van der Waals surface area (Å²) in [6.45, 7) is 6.39. The first-order valence-electron chi connectivity index (χ1n) is 13.8. The molecule has 0 spiro atoms. The van der Waals surface area contributed by atoms with Crippen molar-refractivity contribution in [1.29, 1.82) is 0 Å². The Kier molecular flexibility index (Phi) is 14.3. The van der Waals surface area contributed by atoms with E-state index in [-0.39, 0.29) is 14.9 Å². The van der Waals surface area contributed by atoms with Crippen LogP contribution in [-0.4, -0.2) is 6.88 Å². The molecule has 4 aliphatic carbocycles. The Morgan fingerprint density at radius 1 is 0.605 bits per heavy atom. The first-order valence-corrected chi connectivity index (χ1v) is 19.7. The average Bonchev–Trinajstić information content (AvgIpc) is 3.33. The van der Waals surface area contributed by atoms with Crippen LogP contribution in [0.5, 0.6) is 0 Å². The van der Waals surface area contributed by atoms with E-state index in [1.807, 2.05) is 6.88 Å². The quantitative estimate of drug-likeness (QED) is 0.239. The molecule has 2 unspecified atom stereocenters. The molecule has 2 heteroatoms. The molecule has 0 amide bonds. The molecule has 0 fully saturated rings. The van der Waals surface area contributed by atoms with Gasteiger partial charge in [-0.3, -0.25) is 0 Å². The zero-order chi connectivity index (χ0) is 25.3. The summed E-state index contributed by atoms with van der Waals surface area (Å²) in [4.78, 5) is 0. The summed E-state index contributed by atoms with van der Waals surface area (Å²) in [6.07, 6.45) is 20.0. The van der Waals surface area contributed by atoms with E-state index in [0.29, 0.717) is 11.8 Å². The van der Waals surface area contributed by atoms with Gasteiger partial charge in [0.25, 0.3) is 0 Å². The predicted molar refractivity (Wildman–Crippen MR) is 165 cm³/mol. The van der Waals surface area contributed by atoms with Gasteiger partial charge in [0, 0.05) is 0 Å². The Morgan fingerprint density at radius 3 is 1.34 bits per heavy atom. The van der Waals surface area contributed by atoms with Crippen LogP contribution in [0.15, 0.2) is 94.1 Å². The van der Waals surface area contributed by atoms with Crippen molar-refractivity contribution in [2.45, 2.75) is 89.9 Å². The third kappa shape index (κ3) is 8.25. The number of allylic oxidation sites excluding steroid dienone is 8. The molecule has 202 valence electrons. The molecule has 0 N–H and O–H groups in total. The number of benzene rings is 2. The zero-order valence-electron chi connectivity index (χ0n) is 24.2. The van der Waals surface area contributed by atoms with Crippen molar-refractivity contribution in [3.8, 4) is 0 Å². The summed E-state index contributed by atoms with van der Waals surface area (Å²) in [5, 5.41) is 0. The van der Waals surface area contributed by atoms with Crippen LogP contribution in [0.4, 0.5) is 0 Å². The van der Waals surface area contributed by atoms with Crippen LogP contribution in [0, 0.1) is 27.0 Å². The van der Waals surface area contributed by atoms with Gasteiger partial charge in [0.15, 0.2) is 0 Å². The second-order valence-corrected chi connectivity index (χ2v) is 10.6. The van der Waals surface area contributed by atoms with Crippen molar-refractivity contribution in [2.75, 3.05) is 0 Å². The van der Waals surface area contributed by atoms with Crippen LogP contribution in [-0.2, 0) is 23.3 Å². The van der Waals surface area contributed by atoms with Gasteiger partial charge >= 0.3 is 30.2 Å². The first-order chi connectivity index (χ1) is 17.7. The fraction of sp³-hybridized carbons (Fsp3) is 0.389. The van der Waals surface area contributed by atoms with Gasteiger partial charge in [-0.05, 0) is 0 Å². The van der Waals surface area contributed by atoms with Gasteiger partial charge in [-0.15, -0.1) is 0 Å². The van der Waals surface area contributed by atoms with E-state index in [1.54, 1.807) is 34.5 Å². The monoisotopic (exact) mass is 596 g/mol. The molecule has 0 bridgehead atoms. The van der Waals surface area contributed by atoms with Gasteiger partial charge < -0.3 is 14.9 Å². The maximum absolute atomic E-state index is 3.59. The van der Waals surface area contributed by atoms with Crippen LogP contribution >= 0.6 is 0 Å². The summed E-state index contributed by atoms with van der Waals surface area (Å²) in [6, 6.07) is 22.0. The molecular weight excluding hydrogens is 552 g/mol. The van der Waals surface area contributed by atoms with E-state index in [9.17, 15) is 0 Å². The van der Waals surface area contributed by atoms with Gasteiger partial charge in [0.2, 0.25) is 0 Å². The molecule has 0 nitrogen and oxygen atoms in total. The average molecular weight is 598 g/mol. The van der Waals surface area contributed by atoms with Gasteiger partial charge in [-0.1, -0.05) is 162 Å². The summed E-state index contributed by atoms with van der Waals surface area (Å²) < 4.78 is 0. The number of hydrogen-bond donors (Lipinski definition) is 0. The predicted octanol–water partition coefficient (Wildman–Crippen LogP) is 9.57. The van der Waals surface area contributed by atoms with Gasteiger partial charge in [0.1, 0.15) is 0 Å². The van der Waals surface area contributed by atoms with E-state index < -0.39 is 0 Å². The Morgan fingerprint density at radius 2 is 0.974 bits per heavy atom. The number of rotatable bonds is 2. The Bertz CT molecular complexity index is 1040. The molecule has 4 aliphatic rings. The zero-order valence-corrected chi connectivity index (χ0v) is 28.1. The second kappa shape index (κ2) is 16.6. The standard InChI is InChI=1S/2C17H19.2CH3.H2Si.Zr/c2*1-13-11-15-9-5-6-10-16(17(15)12-13)14-7-3-2-4-8-14;;;;/h2*2-4,7-8,16H,5-6,9-10,12H2,1H3;2*1H3;1H2;/q4*-1;;. The molecule has 0 aromatic heterocycles. The molecule has 38 heavy (non-hydrogen) atoms. The van der Waals surface area contributed by atoms with E-state index in [1.165, 1.54) is 84.8 Å². The molecule has 2 aromatic carbocycles. The fourth-order valence-electron chi connectivity index (χ4n) is 6.42. The summed E-state index contributed by atoms with van der Waals surface area (Å²) in [5.74, 6) is 1.30. The fourth-order valence-corrected chi connectivity index (χ4v) is 6.42. The van der Waals surface area contributed by atoms with Crippen LogP contribution in [0.1, 0.15) is 101 Å². The van der Waals surface area contributed by atoms with Crippen LogP contribution in [0.25, 0.3) is 0 Å². The van der Waals surface area contributed by atoms with E-state index >= 15 is 0 Å². The van der Waals surface area contributed by atoms with E-state index in [4.69, 9.17) is 0 Å². The molecule has 0 aliphatic heterocycles. The SMILES string of the molecule is CC1=[C-]C2=C(C1)C(c1ccccc1)CCCC2.CC1=[C-]C2=C(C1)C(c1ccccc1)CCCC2.[CH3-].[CH3-].[SiH2]=[Zr]. The van der Waals surface area contributed by atoms with Gasteiger partial charge in [-0.2, -0.15) is 11.1 Å². The molecule has 6 rings (SSSR count). The first kappa shape index (κ1) is 32.7.